The van der Waals surface area contributed by atoms with E-state index >= 15 is 0 Å². The molecule has 0 aromatic heterocycles. The van der Waals surface area contributed by atoms with Gasteiger partial charge in [-0.3, -0.25) is 14.5 Å². The molecule has 1 aliphatic heterocycles. The van der Waals surface area contributed by atoms with Gasteiger partial charge in [-0.05, 0) is 13.8 Å². The van der Waals surface area contributed by atoms with Crippen LogP contribution in [0.5, 0.6) is 0 Å². The number of carbonyl (C=O) groups excluding carboxylic acids is 2. The number of hydrogen-bond donors (Lipinski definition) is 0. The predicted molar refractivity (Wildman–Crippen MR) is 62.2 cm³/mol. The summed E-state index contributed by atoms with van der Waals surface area (Å²) in [4.78, 5) is 24.5. The number of nitrogens with zero attached hydrogens (tertiary/aromatic N) is 1. The maximum atomic E-state index is 11.7. The van der Waals surface area contributed by atoms with E-state index in [4.69, 9.17) is 9.47 Å². The first-order valence-corrected chi connectivity index (χ1v) is 6.17. The first-order valence-electron chi connectivity index (χ1n) is 6.17. The zero-order valence-electron chi connectivity index (χ0n) is 10.8. The number of ether oxygens (including phenoxy) is 2. The van der Waals surface area contributed by atoms with Gasteiger partial charge in [0.05, 0.1) is 0 Å². The van der Waals surface area contributed by atoms with Gasteiger partial charge in [0.2, 0.25) is 11.8 Å². The van der Waals surface area contributed by atoms with Crippen LogP contribution in [0, 0.1) is 5.92 Å². The summed E-state index contributed by atoms with van der Waals surface area (Å²) in [6.45, 7) is 7.06. The van der Waals surface area contributed by atoms with E-state index in [1.165, 1.54) is 4.90 Å². The molecule has 0 saturated carbocycles. The minimum Gasteiger partial charge on any atom is -0.353 e. The fraction of sp³-hybridized carbons (Fsp3) is 0.833. The molecular formula is C12H21NO4. The van der Waals surface area contributed by atoms with E-state index in [0.717, 1.165) is 0 Å². The predicted octanol–water partition coefficient (Wildman–Crippen LogP) is 1.17. The van der Waals surface area contributed by atoms with Gasteiger partial charge in [0.1, 0.15) is 0 Å². The molecule has 1 atom stereocenters. The highest BCUT2D eigenvalue weighted by Crippen LogP contribution is 2.19. The molecule has 0 bridgehead atoms. The van der Waals surface area contributed by atoms with Crippen molar-refractivity contribution in [2.24, 2.45) is 5.92 Å². The van der Waals surface area contributed by atoms with Crippen molar-refractivity contribution in [1.82, 2.24) is 4.90 Å². The number of amides is 2. The average Bonchev–Trinajstić information content (AvgIpc) is 2.51. The monoisotopic (exact) mass is 243 g/mol. The van der Waals surface area contributed by atoms with Crippen LogP contribution in [0.15, 0.2) is 0 Å². The summed E-state index contributed by atoms with van der Waals surface area (Å²) in [6.07, 6.45) is 0.528. The lowest BCUT2D eigenvalue weighted by molar-refractivity contribution is -0.150. The Balaban J connectivity index is 2.42. The van der Waals surface area contributed by atoms with E-state index in [-0.39, 0.29) is 24.0 Å². The highest BCUT2D eigenvalue weighted by Gasteiger charge is 2.35. The third-order valence-corrected chi connectivity index (χ3v) is 2.76. The summed E-state index contributed by atoms with van der Waals surface area (Å²) in [7, 11) is 0. The van der Waals surface area contributed by atoms with Crippen LogP contribution in [-0.2, 0) is 19.1 Å². The number of hydrogen-bond acceptors (Lipinski definition) is 4. The van der Waals surface area contributed by atoms with Crippen molar-refractivity contribution in [3.63, 3.8) is 0 Å². The zero-order valence-corrected chi connectivity index (χ0v) is 10.8. The first kappa shape index (κ1) is 14.1. The largest absolute Gasteiger partial charge is 0.353 e. The van der Waals surface area contributed by atoms with E-state index in [0.29, 0.717) is 32.6 Å². The highest BCUT2D eigenvalue weighted by atomic mass is 16.7. The molecule has 0 radical (unpaired) electrons. The summed E-state index contributed by atoms with van der Waals surface area (Å²) < 4.78 is 10.7. The van der Waals surface area contributed by atoms with E-state index in [1.54, 1.807) is 6.92 Å². The molecule has 0 N–H and O–H groups in total. The Morgan fingerprint density at radius 2 is 1.88 bits per heavy atom. The zero-order chi connectivity index (χ0) is 12.8. The summed E-state index contributed by atoms with van der Waals surface area (Å²) in [5, 5.41) is 0. The van der Waals surface area contributed by atoms with Gasteiger partial charge in [0.25, 0.3) is 0 Å². The van der Waals surface area contributed by atoms with Gasteiger partial charge < -0.3 is 9.47 Å². The van der Waals surface area contributed by atoms with E-state index in [1.807, 2.05) is 13.8 Å². The molecule has 17 heavy (non-hydrogen) atoms. The van der Waals surface area contributed by atoms with Gasteiger partial charge >= 0.3 is 0 Å². The van der Waals surface area contributed by atoms with Crippen LogP contribution in [0.3, 0.4) is 0 Å². The molecule has 1 rings (SSSR count). The Kier molecular flexibility index (Phi) is 5.58. The molecule has 1 aliphatic rings. The second-order valence-electron chi connectivity index (χ2n) is 4.12. The van der Waals surface area contributed by atoms with Crippen molar-refractivity contribution in [3.05, 3.63) is 0 Å². The summed E-state index contributed by atoms with van der Waals surface area (Å²) in [5.74, 6) is -0.351. The molecule has 2 amide bonds. The maximum Gasteiger partial charge on any atom is 0.232 e. The minimum absolute atomic E-state index is 0.0817. The fourth-order valence-electron chi connectivity index (χ4n) is 1.90. The standard InChI is InChI=1S/C12H21NO4/c1-4-16-11(17-5-2)6-7-13-10(14)8-9(3)12(13)15/h9,11H,4-8H2,1-3H3. The van der Waals surface area contributed by atoms with Gasteiger partial charge in [-0.25, -0.2) is 0 Å². The Hall–Kier alpha value is -0.940. The third kappa shape index (κ3) is 3.78. The molecule has 0 aliphatic carbocycles. The number of imide groups is 1. The maximum absolute atomic E-state index is 11.7. The molecule has 0 spiro atoms. The molecular weight excluding hydrogens is 222 g/mol. The van der Waals surface area contributed by atoms with E-state index in [2.05, 4.69) is 0 Å². The average molecular weight is 243 g/mol. The van der Waals surface area contributed by atoms with Crippen LogP contribution in [0.1, 0.15) is 33.6 Å². The Bertz CT molecular complexity index is 274. The van der Waals surface area contributed by atoms with Gasteiger partial charge in [0.15, 0.2) is 6.29 Å². The minimum atomic E-state index is -0.332. The van der Waals surface area contributed by atoms with E-state index in [9.17, 15) is 9.59 Å². The molecule has 1 saturated heterocycles. The van der Waals surface area contributed by atoms with Crippen LogP contribution < -0.4 is 0 Å². The van der Waals surface area contributed by atoms with Crippen LogP contribution >= 0.6 is 0 Å². The lowest BCUT2D eigenvalue weighted by Crippen LogP contribution is -2.34. The van der Waals surface area contributed by atoms with Gasteiger partial charge in [-0.15, -0.1) is 0 Å². The fourth-order valence-corrected chi connectivity index (χ4v) is 1.90. The van der Waals surface area contributed by atoms with E-state index < -0.39 is 0 Å². The van der Waals surface area contributed by atoms with Crippen molar-refractivity contribution >= 4 is 11.8 Å². The van der Waals surface area contributed by atoms with Crippen molar-refractivity contribution in [2.45, 2.75) is 39.9 Å². The van der Waals surface area contributed by atoms with Gasteiger partial charge in [-0.1, -0.05) is 6.92 Å². The Morgan fingerprint density at radius 3 is 2.29 bits per heavy atom. The molecule has 0 aromatic carbocycles. The molecule has 5 nitrogen and oxygen atoms in total. The number of carbonyl (C=O) groups is 2. The SMILES string of the molecule is CCOC(CCN1C(=O)CC(C)C1=O)OCC. The third-order valence-electron chi connectivity index (χ3n) is 2.76. The Morgan fingerprint density at radius 1 is 1.29 bits per heavy atom. The second kappa shape index (κ2) is 6.71. The van der Waals surface area contributed by atoms with Gasteiger partial charge in [-0.2, -0.15) is 0 Å². The molecule has 1 heterocycles. The summed E-state index contributed by atoms with van der Waals surface area (Å²) in [5.41, 5.74) is 0. The van der Waals surface area contributed by atoms with Gasteiger partial charge in [0, 0.05) is 38.5 Å². The lowest BCUT2D eigenvalue weighted by atomic mass is 10.1. The number of likely N-dealkylation sites (tertiary alicyclic amines) is 1. The molecule has 1 fully saturated rings. The van der Waals surface area contributed by atoms with Crippen LogP contribution in [0.2, 0.25) is 0 Å². The first-order chi connectivity index (χ1) is 8.10. The highest BCUT2D eigenvalue weighted by molar-refractivity contribution is 6.03. The molecule has 0 aromatic rings. The topological polar surface area (TPSA) is 55.8 Å². The van der Waals surface area contributed by atoms with Crippen molar-refractivity contribution in [3.8, 4) is 0 Å². The molecule has 1 unspecified atom stereocenters. The summed E-state index contributed by atoms with van der Waals surface area (Å²) in [6, 6.07) is 0. The van der Waals surface area contributed by atoms with Crippen LogP contribution in [0.4, 0.5) is 0 Å². The molecule has 98 valence electrons. The number of rotatable bonds is 7. The summed E-state index contributed by atoms with van der Waals surface area (Å²) >= 11 is 0. The smallest absolute Gasteiger partial charge is 0.232 e. The second-order valence-corrected chi connectivity index (χ2v) is 4.12. The van der Waals surface area contributed by atoms with Crippen molar-refractivity contribution < 1.29 is 19.1 Å². The van der Waals surface area contributed by atoms with Crippen molar-refractivity contribution in [1.29, 1.82) is 0 Å². The lowest BCUT2D eigenvalue weighted by Gasteiger charge is -2.20. The van der Waals surface area contributed by atoms with Crippen LogP contribution in [-0.4, -0.2) is 42.8 Å². The molecule has 5 heteroatoms. The Labute approximate surface area is 102 Å². The quantitative estimate of drug-likeness (QED) is 0.497. The van der Waals surface area contributed by atoms with Crippen molar-refractivity contribution in [2.75, 3.05) is 19.8 Å². The normalized spacial score (nSPS) is 20.7. The van der Waals surface area contributed by atoms with Crippen LogP contribution in [0.25, 0.3) is 0 Å².